The van der Waals surface area contributed by atoms with Crippen molar-refractivity contribution in [3.8, 4) is 23.1 Å². The molecule has 9 nitrogen and oxygen atoms in total. The van der Waals surface area contributed by atoms with E-state index in [1.165, 1.54) is 16.7 Å². The molecular formula is C28H29N5O4S. The summed E-state index contributed by atoms with van der Waals surface area (Å²) in [6, 6.07) is 14.5. The molecule has 1 unspecified atom stereocenters. The molecule has 0 bridgehead atoms. The first-order valence-corrected chi connectivity index (χ1v) is 13.9. The quantitative estimate of drug-likeness (QED) is 0.319. The van der Waals surface area contributed by atoms with Crippen LogP contribution in [0.25, 0.3) is 11.1 Å². The molecule has 0 aliphatic heterocycles. The lowest BCUT2D eigenvalue weighted by atomic mass is 10.0. The third-order valence-corrected chi connectivity index (χ3v) is 8.35. The summed E-state index contributed by atoms with van der Waals surface area (Å²) < 4.78 is 28.8. The molecule has 2 heterocycles. The summed E-state index contributed by atoms with van der Waals surface area (Å²) in [5.74, 6) is -0.353. The highest BCUT2D eigenvalue weighted by molar-refractivity contribution is 7.91. The fourth-order valence-corrected chi connectivity index (χ4v) is 5.93. The highest BCUT2D eigenvalue weighted by atomic mass is 32.2. The van der Waals surface area contributed by atoms with Gasteiger partial charge < -0.3 is 5.11 Å². The van der Waals surface area contributed by atoms with Crippen molar-refractivity contribution in [2.45, 2.75) is 62.3 Å². The summed E-state index contributed by atoms with van der Waals surface area (Å²) in [5, 5.41) is 27.7. The van der Waals surface area contributed by atoms with Crippen LogP contribution < -0.4 is 5.56 Å². The van der Waals surface area contributed by atoms with Crippen molar-refractivity contribution in [2.75, 3.05) is 0 Å². The lowest BCUT2D eigenvalue weighted by molar-refractivity contribution is 0.358. The molecule has 1 atom stereocenters. The van der Waals surface area contributed by atoms with Gasteiger partial charge in [-0.1, -0.05) is 44.5 Å². The number of hydrogen-bond acceptors (Lipinski definition) is 7. The Morgan fingerprint density at radius 1 is 1.16 bits per heavy atom. The number of sulfone groups is 1. The first-order valence-electron chi connectivity index (χ1n) is 12.4. The minimum atomic E-state index is -4.41. The molecule has 0 radical (unpaired) electrons. The molecular weight excluding hydrogens is 502 g/mol. The molecule has 0 aliphatic rings. The minimum absolute atomic E-state index is 0.135. The minimum Gasteiger partial charge on any atom is -0.493 e. The van der Waals surface area contributed by atoms with Crippen LogP contribution in [-0.4, -0.2) is 33.3 Å². The molecule has 2 aromatic heterocycles. The van der Waals surface area contributed by atoms with Crippen LogP contribution >= 0.6 is 0 Å². The zero-order valence-corrected chi connectivity index (χ0v) is 22.3. The number of aryl methyl sites for hydroxylation is 2. The van der Waals surface area contributed by atoms with E-state index in [9.17, 15) is 23.6 Å². The van der Waals surface area contributed by atoms with E-state index in [-0.39, 0.29) is 4.90 Å². The molecule has 4 rings (SSSR count). The van der Waals surface area contributed by atoms with E-state index < -0.39 is 32.2 Å². The van der Waals surface area contributed by atoms with Gasteiger partial charge in [0.05, 0.1) is 28.3 Å². The van der Waals surface area contributed by atoms with Gasteiger partial charge in [0.15, 0.2) is 4.90 Å². The predicted octanol–water partition coefficient (Wildman–Crippen LogP) is 4.69. The van der Waals surface area contributed by atoms with Gasteiger partial charge in [0.25, 0.3) is 5.56 Å². The van der Waals surface area contributed by atoms with Crippen LogP contribution in [0, 0.1) is 18.3 Å². The molecule has 0 amide bonds. The summed E-state index contributed by atoms with van der Waals surface area (Å²) in [4.78, 5) is 16.4. The van der Waals surface area contributed by atoms with Gasteiger partial charge in [-0.05, 0) is 55.2 Å². The van der Waals surface area contributed by atoms with Crippen molar-refractivity contribution >= 4 is 9.84 Å². The van der Waals surface area contributed by atoms with Crippen LogP contribution in [0.15, 0.2) is 69.3 Å². The van der Waals surface area contributed by atoms with Gasteiger partial charge in [0.1, 0.15) is 5.82 Å². The number of aromatic hydroxyl groups is 1. The van der Waals surface area contributed by atoms with Crippen molar-refractivity contribution in [2.24, 2.45) is 0 Å². The largest absolute Gasteiger partial charge is 0.493 e. The van der Waals surface area contributed by atoms with Gasteiger partial charge in [-0.25, -0.2) is 8.42 Å². The molecule has 10 heteroatoms. The maximum atomic E-state index is 13.7. The number of nitrogens with one attached hydrogen (secondary N) is 1. The number of nitrogens with zero attached hydrogens (tertiary/aromatic N) is 4. The normalized spacial score (nSPS) is 12.3. The van der Waals surface area contributed by atoms with Gasteiger partial charge in [0.2, 0.25) is 15.7 Å². The van der Waals surface area contributed by atoms with E-state index in [0.29, 0.717) is 36.2 Å². The molecule has 196 valence electrons. The summed E-state index contributed by atoms with van der Waals surface area (Å²) in [7, 11) is -4.41. The van der Waals surface area contributed by atoms with E-state index in [4.69, 9.17) is 0 Å². The van der Waals surface area contributed by atoms with Gasteiger partial charge in [-0.15, -0.1) is 0 Å². The summed E-state index contributed by atoms with van der Waals surface area (Å²) in [6.45, 7) is 5.71. The van der Waals surface area contributed by atoms with Crippen LogP contribution in [0.4, 0.5) is 0 Å². The van der Waals surface area contributed by atoms with E-state index in [2.05, 4.69) is 21.3 Å². The first kappa shape index (κ1) is 26.8. The average molecular weight is 532 g/mol. The van der Waals surface area contributed by atoms with E-state index in [0.717, 1.165) is 23.2 Å². The molecule has 0 saturated carbocycles. The van der Waals surface area contributed by atoms with E-state index in [1.807, 2.05) is 20.8 Å². The maximum Gasteiger partial charge on any atom is 0.296 e. The number of aromatic nitrogens is 4. The standard InChI is InChI=1S/C28H29N5O4S/c1-4-6-10-25-31-27(34)26(28(35)33(25)24(5-2)21-9-7-8-19(15-21)16-29)38(36,37)22-13-11-20(12-14-22)23-17-30-32-18(23)3/h7-9,11-15,17,24,35H,4-6,10H2,1-3H3,(H,30,32). The van der Waals surface area contributed by atoms with Crippen molar-refractivity contribution in [1.29, 1.82) is 5.26 Å². The van der Waals surface area contributed by atoms with Crippen LogP contribution in [0.3, 0.4) is 0 Å². The van der Waals surface area contributed by atoms with Crippen LogP contribution in [-0.2, 0) is 16.3 Å². The summed E-state index contributed by atoms with van der Waals surface area (Å²) in [6.07, 6.45) is 4.08. The number of benzene rings is 2. The van der Waals surface area contributed by atoms with Crippen molar-refractivity contribution in [3.63, 3.8) is 0 Å². The Kier molecular flexibility index (Phi) is 7.78. The molecule has 4 aromatic rings. The second-order valence-corrected chi connectivity index (χ2v) is 10.9. The lowest BCUT2D eigenvalue weighted by Crippen LogP contribution is -2.27. The lowest BCUT2D eigenvalue weighted by Gasteiger charge is -2.25. The Hall–Kier alpha value is -4.23. The number of hydrogen-bond donors (Lipinski definition) is 2. The Morgan fingerprint density at radius 3 is 2.50 bits per heavy atom. The molecule has 0 fully saturated rings. The number of aromatic amines is 1. The molecule has 0 saturated heterocycles. The number of nitriles is 1. The third-order valence-electron chi connectivity index (χ3n) is 6.56. The molecule has 0 spiro atoms. The fourth-order valence-electron chi connectivity index (χ4n) is 4.59. The van der Waals surface area contributed by atoms with Crippen LogP contribution in [0.1, 0.15) is 61.8 Å². The Balaban J connectivity index is 1.88. The Morgan fingerprint density at radius 2 is 1.89 bits per heavy atom. The van der Waals surface area contributed by atoms with Crippen molar-refractivity contribution < 1.29 is 13.5 Å². The monoisotopic (exact) mass is 531 g/mol. The second-order valence-electron chi connectivity index (χ2n) is 9.03. The van der Waals surface area contributed by atoms with Gasteiger partial charge in [-0.3, -0.25) is 14.5 Å². The van der Waals surface area contributed by atoms with Crippen LogP contribution in [0.2, 0.25) is 0 Å². The van der Waals surface area contributed by atoms with E-state index in [1.54, 1.807) is 42.6 Å². The molecule has 38 heavy (non-hydrogen) atoms. The fraction of sp³-hybridized carbons (Fsp3) is 0.286. The van der Waals surface area contributed by atoms with Gasteiger partial charge in [-0.2, -0.15) is 15.3 Å². The first-order chi connectivity index (χ1) is 18.2. The average Bonchev–Trinajstić information content (AvgIpc) is 3.35. The zero-order valence-electron chi connectivity index (χ0n) is 21.5. The maximum absolute atomic E-state index is 13.7. The summed E-state index contributed by atoms with van der Waals surface area (Å²) in [5.41, 5.74) is 2.48. The molecule has 0 aliphatic carbocycles. The predicted molar refractivity (Wildman–Crippen MR) is 143 cm³/mol. The van der Waals surface area contributed by atoms with Gasteiger partial charge in [0, 0.05) is 18.2 Å². The Labute approximate surface area is 221 Å². The van der Waals surface area contributed by atoms with Crippen LogP contribution in [0.5, 0.6) is 5.88 Å². The number of unbranched alkanes of at least 4 members (excludes halogenated alkanes) is 1. The topological polar surface area (TPSA) is 142 Å². The highest BCUT2D eigenvalue weighted by Crippen LogP contribution is 2.34. The smallest absolute Gasteiger partial charge is 0.296 e. The number of H-pyrrole nitrogens is 1. The van der Waals surface area contributed by atoms with Gasteiger partial charge >= 0.3 is 0 Å². The van der Waals surface area contributed by atoms with Crippen molar-refractivity contribution in [3.05, 3.63) is 87.7 Å². The van der Waals surface area contributed by atoms with Crippen molar-refractivity contribution in [1.82, 2.24) is 19.7 Å². The highest BCUT2D eigenvalue weighted by Gasteiger charge is 2.32. The SMILES string of the molecule is CCCCc1nc(=O)c(S(=O)(=O)c2ccc(-c3c[nH]nc3C)cc2)c(O)n1C(CC)c1cccc(C#N)c1. The molecule has 2 aromatic carbocycles. The summed E-state index contributed by atoms with van der Waals surface area (Å²) >= 11 is 0. The van der Waals surface area contributed by atoms with E-state index >= 15 is 0 Å². The zero-order chi connectivity index (χ0) is 27.4. The molecule has 2 N–H and O–H groups in total. The Bertz CT molecular complexity index is 1660. The number of rotatable bonds is 9. The second kappa shape index (κ2) is 11.0. The third kappa shape index (κ3) is 4.97.